The minimum atomic E-state index is -0.663. The van der Waals surface area contributed by atoms with Crippen LogP contribution < -0.4 is 14.4 Å². The van der Waals surface area contributed by atoms with E-state index in [-0.39, 0.29) is 28.6 Å². The molecule has 1 fully saturated rings. The second-order valence-electron chi connectivity index (χ2n) is 10.8. The fourth-order valence-electron chi connectivity index (χ4n) is 5.70. The molecular weight excluding hydrogens is 587 g/mol. The molecule has 0 unspecified atom stereocenters. The van der Waals surface area contributed by atoms with Crippen LogP contribution in [0.5, 0.6) is 23.4 Å². The number of H-pyrrole nitrogens is 1. The molecule has 0 spiro atoms. The van der Waals surface area contributed by atoms with Crippen molar-refractivity contribution in [1.29, 1.82) is 0 Å². The first-order chi connectivity index (χ1) is 21.4. The summed E-state index contributed by atoms with van der Waals surface area (Å²) >= 11 is 6.37. The molecule has 11 nitrogen and oxygen atoms in total. The Labute approximate surface area is 256 Å². The van der Waals surface area contributed by atoms with Crippen LogP contribution in [0.3, 0.4) is 0 Å². The third-order valence-corrected chi connectivity index (χ3v) is 8.37. The van der Waals surface area contributed by atoms with E-state index in [0.717, 1.165) is 25.1 Å². The second-order valence-corrected chi connectivity index (χ2v) is 11.2. The van der Waals surface area contributed by atoms with Crippen LogP contribution in [0.25, 0.3) is 21.8 Å². The van der Waals surface area contributed by atoms with Gasteiger partial charge in [-0.25, -0.2) is 9.37 Å². The Bertz CT molecular complexity index is 1920. The molecule has 1 N–H and O–H groups in total. The van der Waals surface area contributed by atoms with Gasteiger partial charge in [0.15, 0.2) is 5.75 Å². The Morgan fingerprint density at radius 3 is 2.77 bits per heavy atom. The zero-order chi connectivity index (χ0) is 30.4. The van der Waals surface area contributed by atoms with Crippen molar-refractivity contribution in [2.75, 3.05) is 44.7 Å². The largest absolute Gasteiger partial charge is 0.434 e. The van der Waals surface area contributed by atoms with E-state index in [1.807, 2.05) is 12.1 Å². The number of pyridine rings is 1. The van der Waals surface area contributed by atoms with E-state index in [2.05, 4.69) is 44.7 Å². The number of hydrogen-bond donors (Lipinski definition) is 1. The summed E-state index contributed by atoms with van der Waals surface area (Å²) in [5.74, 6) is 0.654. The van der Waals surface area contributed by atoms with Gasteiger partial charge in [0, 0.05) is 57.1 Å². The van der Waals surface area contributed by atoms with Crippen LogP contribution in [0.4, 0.5) is 10.2 Å². The van der Waals surface area contributed by atoms with E-state index >= 15 is 0 Å². The number of carbonyl (C=O) groups excluding carboxylic acids is 1. The van der Waals surface area contributed by atoms with Crippen LogP contribution in [0.1, 0.15) is 11.1 Å². The lowest BCUT2D eigenvalue weighted by molar-refractivity contribution is -0.126. The van der Waals surface area contributed by atoms with Gasteiger partial charge in [0.1, 0.15) is 27.9 Å². The van der Waals surface area contributed by atoms with Crippen molar-refractivity contribution in [1.82, 2.24) is 34.9 Å². The number of ether oxygens (including phenoxy) is 2. The van der Waals surface area contributed by atoms with Gasteiger partial charge in [-0.05, 0) is 37.2 Å². The fourth-order valence-corrected chi connectivity index (χ4v) is 5.90. The van der Waals surface area contributed by atoms with Crippen molar-refractivity contribution in [3.63, 3.8) is 0 Å². The van der Waals surface area contributed by atoms with Crippen molar-refractivity contribution in [3.05, 3.63) is 77.3 Å². The summed E-state index contributed by atoms with van der Waals surface area (Å²) in [4.78, 5) is 32.4. The number of aromatic nitrogens is 5. The molecule has 5 heterocycles. The van der Waals surface area contributed by atoms with Crippen LogP contribution in [0.2, 0.25) is 5.02 Å². The van der Waals surface area contributed by atoms with Gasteiger partial charge in [0.25, 0.3) is 0 Å². The summed E-state index contributed by atoms with van der Waals surface area (Å²) in [6, 6.07) is 9.15. The van der Waals surface area contributed by atoms with Gasteiger partial charge in [-0.15, -0.1) is 0 Å². The molecule has 224 valence electrons. The first kappa shape index (κ1) is 28.0. The Morgan fingerprint density at radius 2 is 1.95 bits per heavy atom. The lowest BCUT2D eigenvalue weighted by Gasteiger charge is -2.35. The molecule has 3 aromatic heterocycles. The van der Waals surface area contributed by atoms with Crippen LogP contribution in [-0.2, 0) is 17.8 Å². The highest BCUT2D eigenvalue weighted by molar-refractivity contribution is 6.33. The molecule has 5 aromatic rings. The first-order valence-corrected chi connectivity index (χ1v) is 14.6. The van der Waals surface area contributed by atoms with Crippen molar-refractivity contribution in [3.8, 4) is 23.4 Å². The maximum atomic E-state index is 14.7. The highest BCUT2D eigenvalue weighted by Crippen LogP contribution is 2.41. The van der Waals surface area contributed by atoms with Crippen molar-refractivity contribution >= 4 is 45.1 Å². The molecule has 0 aliphatic carbocycles. The molecule has 2 aromatic carbocycles. The number of nitrogens with one attached hydrogen (secondary N) is 1. The van der Waals surface area contributed by atoms with E-state index in [4.69, 9.17) is 31.0 Å². The quantitative estimate of drug-likeness (QED) is 0.261. The Morgan fingerprint density at radius 1 is 1.11 bits per heavy atom. The third kappa shape index (κ3) is 5.05. The first-order valence-electron chi connectivity index (χ1n) is 14.2. The summed E-state index contributed by atoms with van der Waals surface area (Å²) in [5, 5.41) is 7.69. The van der Waals surface area contributed by atoms with Crippen molar-refractivity contribution in [2.24, 2.45) is 0 Å². The molecule has 1 amide bonds. The van der Waals surface area contributed by atoms with E-state index < -0.39 is 5.82 Å². The molecular formula is C31H28ClFN8O3. The minimum absolute atomic E-state index is 0.0646. The maximum Gasteiger partial charge on any atom is 0.324 e. The van der Waals surface area contributed by atoms with Crippen LogP contribution in [0.15, 0.2) is 55.4 Å². The fraction of sp³-hybridized carbons (Fsp3) is 0.258. The van der Waals surface area contributed by atoms with Gasteiger partial charge in [-0.3, -0.25) is 9.89 Å². The lowest BCUT2D eigenvalue weighted by atomic mass is 9.99. The summed E-state index contributed by atoms with van der Waals surface area (Å²) < 4.78 is 27.3. The van der Waals surface area contributed by atoms with Crippen LogP contribution in [-0.4, -0.2) is 80.6 Å². The monoisotopic (exact) mass is 614 g/mol. The van der Waals surface area contributed by atoms with Gasteiger partial charge >= 0.3 is 6.01 Å². The molecule has 0 radical (unpaired) electrons. The maximum absolute atomic E-state index is 14.7. The number of piperazine rings is 1. The molecule has 44 heavy (non-hydrogen) atoms. The zero-order valence-corrected chi connectivity index (χ0v) is 24.6. The topological polar surface area (TPSA) is 113 Å². The van der Waals surface area contributed by atoms with Gasteiger partial charge in [-0.1, -0.05) is 30.3 Å². The van der Waals surface area contributed by atoms with Crippen molar-refractivity contribution < 1.29 is 18.7 Å². The van der Waals surface area contributed by atoms with E-state index in [1.165, 1.54) is 23.9 Å². The van der Waals surface area contributed by atoms with Crippen molar-refractivity contribution in [2.45, 2.75) is 13.0 Å². The zero-order valence-electron chi connectivity index (χ0n) is 23.9. The molecule has 0 atom stereocenters. The summed E-state index contributed by atoms with van der Waals surface area (Å²) in [6.45, 7) is 7.36. The standard InChI is InChI=1S/C31H28ClFN8O3/c1-3-25(42)40-11-13-41(14-12-40)29-19-7-9-34-30(44-28-20-16-35-38-23(20)15-22(33)26(28)32)27(19)36-31(37-29)43-24-6-4-5-18-8-10-39(2)17-21(18)24/h3-7,9,15-16H,1,8,10-14,17H2,2H3,(H,35,38). The third-order valence-electron chi connectivity index (χ3n) is 8.02. The van der Waals surface area contributed by atoms with Gasteiger partial charge in [-0.2, -0.15) is 15.1 Å². The molecule has 0 bridgehead atoms. The minimum Gasteiger partial charge on any atom is -0.434 e. The normalized spacial score (nSPS) is 15.4. The molecule has 1 saturated heterocycles. The van der Waals surface area contributed by atoms with E-state index in [0.29, 0.717) is 59.6 Å². The number of fused-ring (bicyclic) bond motifs is 3. The lowest BCUT2D eigenvalue weighted by Crippen LogP contribution is -2.48. The number of amides is 1. The number of halogens is 2. The molecule has 7 rings (SSSR count). The molecule has 2 aliphatic rings. The second kappa shape index (κ2) is 11.4. The highest BCUT2D eigenvalue weighted by atomic mass is 35.5. The number of anilines is 1. The average molecular weight is 615 g/mol. The van der Waals surface area contributed by atoms with Crippen LogP contribution in [0, 0.1) is 5.82 Å². The van der Waals surface area contributed by atoms with Gasteiger partial charge in [0.05, 0.1) is 22.5 Å². The molecule has 0 saturated carbocycles. The van der Waals surface area contributed by atoms with E-state index in [1.54, 1.807) is 17.2 Å². The predicted octanol–water partition coefficient (Wildman–Crippen LogP) is 5.10. The predicted molar refractivity (Wildman–Crippen MR) is 164 cm³/mol. The van der Waals surface area contributed by atoms with Gasteiger partial charge < -0.3 is 24.2 Å². The number of rotatable bonds is 6. The van der Waals surface area contributed by atoms with Crippen LogP contribution >= 0.6 is 11.6 Å². The number of aromatic amines is 1. The number of likely N-dealkylation sites (N-methyl/N-ethyl adjacent to an activating group) is 1. The average Bonchev–Trinajstić information content (AvgIpc) is 3.51. The smallest absolute Gasteiger partial charge is 0.324 e. The molecule has 2 aliphatic heterocycles. The summed E-state index contributed by atoms with van der Waals surface area (Å²) in [7, 11) is 2.07. The highest BCUT2D eigenvalue weighted by Gasteiger charge is 2.26. The van der Waals surface area contributed by atoms with E-state index in [9.17, 15) is 9.18 Å². The number of hydrogen-bond acceptors (Lipinski definition) is 9. The SMILES string of the molecule is C=CC(=O)N1CCN(c2nc(Oc3cccc4c3CN(C)CC4)nc3c(Oc4c(Cl)c(F)cc5[nH]ncc45)nccc23)CC1. The number of nitrogens with zero attached hydrogens (tertiary/aromatic N) is 7. The number of benzene rings is 2. The molecule has 13 heteroatoms. The Hall–Kier alpha value is -4.81. The Kier molecular flexibility index (Phi) is 7.23. The van der Waals surface area contributed by atoms with Gasteiger partial charge in [0.2, 0.25) is 11.8 Å². The summed E-state index contributed by atoms with van der Waals surface area (Å²) in [6.07, 6.45) is 5.32. The Balaban J connectivity index is 1.34. The summed E-state index contributed by atoms with van der Waals surface area (Å²) in [5.41, 5.74) is 3.09. The number of carbonyl (C=O) groups is 1.